The van der Waals surface area contributed by atoms with E-state index in [9.17, 15) is 9.59 Å². The van der Waals surface area contributed by atoms with Crippen molar-refractivity contribution in [3.05, 3.63) is 33.7 Å². The predicted octanol–water partition coefficient (Wildman–Crippen LogP) is 1.37. The van der Waals surface area contributed by atoms with Crippen LogP contribution in [0.15, 0.2) is 16.9 Å². The van der Waals surface area contributed by atoms with Crippen molar-refractivity contribution in [2.45, 2.75) is 39.8 Å². The maximum absolute atomic E-state index is 11.8. The molecule has 0 N–H and O–H groups in total. The minimum atomic E-state index is -0.468. The van der Waals surface area contributed by atoms with Gasteiger partial charge in [-0.05, 0) is 32.4 Å². The van der Waals surface area contributed by atoms with Gasteiger partial charge in [-0.2, -0.15) is 5.26 Å². The second-order valence-corrected chi connectivity index (χ2v) is 4.10. The minimum Gasteiger partial charge on any atom is -0.461 e. The fraction of sp³-hybridized carbons (Fsp3) is 0.462. The first-order chi connectivity index (χ1) is 8.49. The van der Waals surface area contributed by atoms with Gasteiger partial charge in [-0.25, -0.2) is 0 Å². The van der Waals surface area contributed by atoms with E-state index < -0.39 is 11.5 Å². The highest BCUT2D eigenvalue weighted by Gasteiger charge is 2.12. The molecule has 0 spiro atoms. The molecule has 0 bridgehead atoms. The molecular formula is C13H16N2O3. The maximum atomic E-state index is 11.8. The molecule has 0 aliphatic heterocycles. The fourth-order valence-corrected chi connectivity index (χ4v) is 1.43. The Balaban J connectivity index is 2.95. The Hall–Kier alpha value is -2.09. The molecule has 1 aromatic rings. The first-order valence-corrected chi connectivity index (χ1v) is 5.79. The lowest BCUT2D eigenvalue weighted by molar-refractivity contribution is -0.149. The summed E-state index contributed by atoms with van der Waals surface area (Å²) in [5, 5.41) is 8.77. The molecule has 96 valence electrons. The fourth-order valence-electron chi connectivity index (χ4n) is 1.43. The number of nitriles is 1. The minimum absolute atomic E-state index is 0.0249. The maximum Gasteiger partial charge on any atom is 0.326 e. The largest absolute Gasteiger partial charge is 0.461 e. The van der Waals surface area contributed by atoms with Crippen LogP contribution in [0.2, 0.25) is 0 Å². The van der Waals surface area contributed by atoms with E-state index >= 15 is 0 Å². The lowest BCUT2D eigenvalue weighted by atomic mass is 10.2. The zero-order valence-corrected chi connectivity index (χ0v) is 10.8. The van der Waals surface area contributed by atoms with Crippen molar-refractivity contribution in [3.63, 3.8) is 0 Å². The Labute approximate surface area is 106 Å². The van der Waals surface area contributed by atoms with E-state index in [1.807, 2.05) is 6.92 Å². The average molecular weight is 248 g/mol. The van der Waals surface area contributed by atoms with Crippen LogP contribution < -0.4 is 5.56 Å². The molecule has 0 radical (unpaired) electrons. The predicted molar refractivity (Wildman–Crippen MR) is 66.0 cm³/mol. The van der Waals surface area contributed by atoms with Crippen molar-refractivity contribution in [2.75, 3.05) is 0 Å². The molecule has 0 aliphatic carbocycles. The molecular weight excluding hydrogens is 232 g/mol. The van der Waals surface area contributed by atoms with Gasteiger partial charge in [0, 0.05) is 5.69 Å². The SMILES string of the molecule is CCC(C)OC(=O)Cn1c(C)ccc(C#N)c1=O. The van der Waals surface area contributed by atoms with E-state index in [0.717, 1.165) is 6.42 Å². The number of hydrogen-bond donors (Lipinski definition) is 0. The van der Waals surface area contributed by atoms with Crippen LogP contribution in [0, 0.1) is 18.3 Å². The molecule has 1 aromatic heterocycles. The molecule has 1 heterocycles. The van der Waals surface area contributed by atoms with E-state index in [4.69, 9.17) is 10.00 Å². The number of pyridine rings is 1. The van der Waals surface area contributed by atoms with Gasteiger partial charge >= 0.3 is 5.97 Å². The Kier molecular flexibility index (Phi) is 4.67. The summed E-state index contributed by atoms with van der Waals surface area (Å²) in [7, 11) is 0. The molecule has 1 unspecified atom stereocenters. The second kappa shape index (κ2) is 6.01. The molecule has 0 fully saturated rings. The number of carbonyl (C=O) groups is 1. The van der Waals surface area contributed by atoms with Crippen molar-refractivity contribution in [1.29, 1.82) is 5.26 Å². The van der Waals surface area contributed by atoms with Gasteiger partial charge < -0.3 is 9.30 Å². The summed E-state index contributed by atoms with van der Waals surface area (Å²) in [6.07, 6.45) is 0.547. The highest BCUT2D eigenvalue weighted by molar-refractivity contribution is 5.69. The van der Waals surface area contributed by atoms with Gasteiger partial charge in [0.15, 0.2) is 0 Å². The van der Waals surface area contributed by atoms with E-state index in [1.54, 1.807) is 26.0 Å². The van der Waals surface area contributed by atoms with Crippen LogP contribution in [0.5, 0.6) is 0 Å². The quantitative estimate of drug-likeness (QED) is 0.754. The highest BCUT2D eigenvalue weighted by Crippen LogP contribution is 2.01. The molecule has 18 heavy (non-hydrogen) atoms. The van der Waals surface area contributed by atoms with Crippen LogP contribution in [0.1, 0.15) is 31.5 Å². The molecule has 0 aliphatic rings. The number of rotatable bonds is 4. The third-order valence-electron chi connectivity index (χ3n) is 2.71. The van der Waals surface area contributed by atoms with Crippen molar-refractivity contribution in [2.24, 2.45) is 0 Å². The number of carbonyl (C=O) groups excluding carboxylic acids is 1. The van der Waals surface area contributed by atoms with Gasteiger partial charge in [0.2, 0.25) is 0 Å². The van der Waals surface area contributed by atoms with E-state index in [0.29, 0.717) is 5.69 Å². The zero-order valence-electron chi connectivity index (χ0n) is 10.8. The van der Waals surface area contributed by atoms with Crippen LogP contribution in [0.4, 0.5) is 0 Å². The van der Waals surface area contributed by atoms with Gasteiger partial charge in [0.1, 0.15) is 18.2 Å². The van der Waals surface area contributed by atoms with E-state index in [1.165, 1.54) is 10.6 Å². The van der Waals surface area contributed by atoms with Crippen molar-refractivity contribution in [1.82, 2.24) is 4.57 Å². The van der Waals surface area contributed by atoms with Crippen LogP contribution >= 0.6 is 0 Å². The zero-order chi connectivity index (χ0) is 13.7. The molecule has 0 amide bonds. The van der Waals surface area contributed by atoms with Crippen molar-refractivity contribution >= 4 is 5.97 Å². The summed E-state index contributed by atoms with van der Waals surface area (Å²) in [6.45, 7) is 5.24. The summed E-state index contributed by atoms with van der Waals surface area (Å²) < 4.78 is 6.36. The summed E-state index contributed by atoms with van der Waals surface area (Å²) in [5.41, 5.74) is 0.190. The molecule has 0 saturated carbocycles. The summed E-state index contributed by atoms with van der Waals surface area (Å²) in [5.74, 6) is -0.468. The third kappa shape index (κ3) is 3.20. The van der Waals surface area contributed by atoms with Crippen molar-refractivity contribution in [3.8, 4) is 6.07 Å². The van der Waals surface area contributed by atoms with Crippen LogP contribution in [0.3, 0.4) is 0 Å². The second-order valence-electron chi connectivity index (χ2n) is 4.10. The number of ether oxygens (including phenoxy) is 1. The Morgan fingerprint density at radius 3 is 2.78 bits per heavy atom. The Bertz CT molecular complexity index is 540. The number of hydrogen-bond acceptors (Lipinski definition) is 4. The Morgan fingerprint density at radius 2 is 2.22 bits per heavy atom. The van der Waals surface area contributed by atoms with Crippen LogP contribution in [0.25, 0.3) is 0 Å². The topological polar surface area (TPSA) is 72.1 Å². The lowest BCUT2D eigenvalue weighted by Gasteiger charge is -2.13. The van der Waals surface area contributed by atoms with Crippen LogP contribution in [-0.2, 0) is 16.1 Å². The van der Waals surface area contributed by atoms with Gasteiger partial charge in [0.25, 0.3) is 5.56 Å². The average Bonchev–Trinajstić information content (AvgIpc) is 2.34. The van der Waals surface area contributed by atoms with Crippen LogP contribution in [-0.4, -0.2) is 16.6 Å². The van der Waals surface area contributed by atoms with Gasteiger partial charge in [-0.1, -0.05) is 6.92 Å². The number of esters is 1. The Morgan fingerprint density at radius 1 is 1.56 bits per heavy atom. The third-order valence-corrected chi connectivity index (χ3v) is 2.71. The number of aryl methyl sites for hydroxylation is 1. The molecule has 1 rings (SSSR count). The van der Waals surface area contributed by atoms with Gasteiger partial charge in [0.05, 0.1) is 6.10 Å². The first-order valence-electron chi connectivity index (χ1n) is 5.79. The van der Waals surface area contributed by atoms with E-state index in [2.05, 4.69) is 0 Å². The molecule has 5 heteroatoms. The number of aromatic nitrogens is 1. The van der Waals surface area contributed by atoms with E-state index in [-0.39, 0.29) is 18.2 Å². The van der Waals surface area contributed by atoms with Gasteiger partial charge in [-0.3, -0.25) is 9.59 Å². The summed E-state index contributed by atoms with van der Waals surface area (Å²) >= 11 is 0. The molecule has 5 nitrogen and oxygen atoms in total. The standard InChI is InChI=1S/C13H16N2O3/c1-4-10(3)18-12(16)8-15-9(2)5-6-11(7-14)13(15)17/h5-6,10H,4,8H2,1-3H3. The monoisotopic (exact) mass is 248 g/mol. The summed E-state index contributed by atoms with van der Waals surface area (Å²) in [6, 6.07) is 4.89. The summed E-state index contributed by atoms with van der Waals surface area (Å²) in [4.78, 5) is 23.5. The molecule has 1 atom stereocenters. The van der Waals surface area contributed by atoms with Gasteiger partial charge in [-0.15, -0.1) is 0 Å². The molecule has 0 saturated heterocycles. The first kappa shape index (κ1) is 14.0. The smallest absolute Gasteiger partial charge is 0.326 e. The highest BCUT2D eigenvalue weighted by atomic mass is 16.5. The normalized spacial score (nSPS) is 11.7. The molecule has 0 aromatic carbocycles. The van der Waals surface area contributed by atoms with Crippen molar-refractivity contribution < 1.29 is 9.53 Å². The lowest BCUT2D eigenvalue weighted by Crippen LogP contribution is -2.29. The number of nitrogens with zero attached hydrogens (tertiary/aromatic N) is 2.